The highest BCUT2D eigenvalue weighted by Gasteiger charge is 2.30. The average molecular weight is 369 g/mol. The monoisotopic (exact) mass is 368 g/mol. The molecule has 1 atom stereocenters. The highest BCUT2D eigenvalue weighted by Crippen LogP contribution is 2.24. The van der Waals surface area contributed by atoms with Crippen molar-refractivity contribution in [3.63, 3.8) is 0 Å². The molecule has 10 heteroatoms. The molecule has 0 aliphatic carbocycles. The van der Waals surface area contributed by atoms with Gasteiger partial charge in [-0.05, 0) is 17.7 Å². The predicted octanol–water partition coefficient (Wildman–Crippen LogP) is 0.111. The van der Waals surface area contributed by atoms with Crippen LogP contribution in [0.25, 0.3) is 0 Å². The Kier molecular flexibility index (Phi) is 6.05. The summed E-state index contributed by atoms with van der Waals surface area (Å²) >= 11 is 0. The van der Waals surface area contributed by atoms with Gasteiger partial charge >= 0.3 is 0 Å². The fourth-order valence-electron chi connectivity index (χ4n) is 2.74. The maximum absolute atomic E-state index is 13.5. The highest BCUT2D eigenvalue weighted by molar-refractivity contribution is 5.92. The molecule has 8 nitrogen and oxygen atoms in total. The predicted molar refractivity (Wildman–Crippen MR) is 89.5 cm³/mol. The summed E-state index contributed by atoms with van der Waals surface area (Å²) in [5.74, 6) is -1.24. The first-order valence-electron chi connectivity index (χ1n) is 7.50. The largest absolute Gasteiger partial charge is 0.368 e. The van der Waals surface area contributed by atoms with Crippen molar-refractivity contribution in [3.05, 3.63) is 47.5 Å². The molecule has 1 aromatic heterocycles. The Morgan fingerprint density at radius 3 is 2.92 bits per heavy atom. The summed E-state index contributed by atoms with van der Waals surface area (Å²) in [5.41, 5.74) is 5.93. The molecule has 2 aromatic rings. The summed E-state index contributed by atoms with van der Waals surface area (Å²) in [4.78, 5) is 25.3. The third kappa shape index (κ3) is 4.31. The van der Waals surface area contributed by atoms with E-state index >= 15 is 0 Å². The topological polar surface area (TPSA) is 106 Å². The molecule has 1 aliphatic rings. The van der Waals surface area contributed by atoms with E-state index < -0.39 is 5.91 Å². The highest BCUT2D eigenvalue weighted by atomic mass is 35.5. The Morgan fingerprint density at radius 1 is 1.40 bits per heavy atom. The number of hydrogen-bond donors (Lipinski definition) is 2. The van der Waals surface area contributed by atoms with Crippen molar-refractivity contribution < 1.29 is 14.0 Å². The van der Waals surface area contributed by atoms with Gasteiger partial charge in [-0.15, -0.1) is 17.5 Å². The summed E-state index contributed by atoms with van der Waals surface area (Å²) in [6, 6.07) is 5.88. The lowest BCUT2D eigenvalue weighted by atomic mass is 10.0. The molecule has 1 aliphatic heterocycles. The first kappa shape index (κ1) is 18.8. The Morgan fingerprint density at radius 2 is 2.20 bits per heavy atom. The van der Waals surface area contributed by atoms with E-state index in [0.717, 1.165) is 0 Å². The van der Waals surface area contributed by atoms with Crippen molar-refractivity contribution in [2.75, 3.05) is 19.6 Å². The molecule has 2 heterocycles. The van der Waals surface area contributed by atoms with E-state index in [1.807, 2.05) is 0 Å². The lowest BCUT2D eigenvalue weighted by Crippen LogP contribution is -2.48. The molecule has 0 saturated carbocycles. The molecule has 1 aromatic carbocycles. The van der Waals surface area contributed by atoms with E-state index in [2.05, 4.69) is 15.6 Å². The molecule has 3 rings (SSSR count). The van der Waals surface area contributed by atoms with Gasteiger partial charge in [0, 0.05) is 19.6 Å². The molecule has 0 spiro atoms. The Hall–Kier alpha value is -2.52. The number of primary amides is 1. The standard InChI is InChI=1S/C15H17FN6O2.ClH/c16-11-3-1-2-10(6-11)13-7-18-4-5-22(13)15(24)12-8-21(20-19-12)9-14(17)23;/h1-3,6,8,13,18H,4-5,7,9H2,(H2,17,23);1H. The van der Waals surface area contributed by atoms with Crippen molar-refractivity contribution in [2.24, 2.45) is 5.73 Å². The fourth-order valence-corrected chi connectivity index (χ4v) is 2.74. The molecule has 1 unspecified atom stereocenters. The second-order valence-electron chi connectivity index (χ2n) is 5.54. The van der Waals surface area contributed by atoms with Crippen molar-refractivity contribution in [3.8, 4) is 0 Å². The Balaban J connectivity index is 0.00000225. The van der Waals surface area contributed by atoms with Gasteiger partial charge in [0.15, 0.2) is 5.69 Å². The van der Waals surface area contributed by atoms with Gasteiger partial charge in [-0.2, -0.15) is 0 Å². The molecule has 25 heavy (non-hydrogen) atoms. The number of halogens is 2. The Bertz CT molecular complexity index is 768. The Labute approximate surface area is 149 Å². The number of aromatic nitrogens is 3. The second kappa shape index (κ2) is 8.04. The SMILES string of the molecule is Cl.NC(=O)Cn1cc(C(=O)N2CCNCC2c2cccc(F)c2)nn1. The summed E-state index contributed by atoms with van der Waals surface area (Å²) in [7, 11) is 0. The third-order valence-electron chi connectivity index (χ3n) is 3.81. The number of nitrogens with one attached hydrogen (secondary N) is 1. The third-order valence-corrected chi connectivity index (χ3v) is 3.81. The maximum Gasteiger partial charge on any atom is 0.276 e. The normalized spacial score (nSPS) is 17.0. The number of rotatable bonds is 4. The zero-order chi connectivity index (χ0) is 17.1. The van der Waals surface area contributed by atoms with E-state index in [1.165, 1.54) is 23.0 Å². The first-order valence-corrected chi connectivity index (χ1v) is 7.50. The van der Waals surface area contributed by atoms with Crippen LogP contribution in [-0.2, 0) is 11.3 Å². The molecule has 1 fully saturated rings. The van der Waals surface area contributed by atoms with Crippen LogP contribution in [0.15, 0.2) is 30.5 Å². The number of carbonyl (C=O) groups excluding carboxylic acids is 2. The van der Waals surface area contributed by atoms with Crippen LogP contribution in [0.3, 0.4) is 0 Å². The van der Waals surface area contributed by atoms with Crippen LogP contribution >= 0.6 is 12.4 Å². The zero-order valence-electron chi connectivity index (χ0n) is 13.3. The minimum Gasteiger partial charge on any atom is -0.368 e. The van der Waals surface area contributed by atoms with E-state index in [-0.39, 0.29) is 42.4 Å². The minimum atomic E-state index is -0.571. The summed E-state index contributed by atoms with van der Waals surface area (Å²) in [6.07, 6.45) is 1.39. The molecular weight excluding hydrogens is 351 g/mol. The molecule has 134 valence electrons. The summed E-state index contributed by atoms with van der Waals surface area (Å²) in [5, 5.41) is 10.7. The van der Waals surface area contributed by atoms with Gasteiger partial charge in [-0.3, -0.25) is 9.59 Å². The molecule has 3 N–H and O–H groups in total. The number of amides is 2. The molecular formula is C15H18ClFN6O2. The maximum atomic E-state index is 13.5. The van der Waals surface area contributed by atoms with Crippen LogP contribution in [0, 0.1) is 5.82 Å². The van der Waals surface area contributed by atoms with Gasteiger partial charge in [0.2, 0.25) is 5.91 Å². The van der Waals surface area contributed by atoms with Gasteiger partial charge in [-0.1, -0.05) is 17.3 Å². The second-order valence-corrected chi connectivity index (χ2v) is 5.54. The zero-order valence-corrected chi connectivity index (χ0v) is 14.1. The lowest BCUT2D eigenvalue weighted by molar-refractivity contribution is -0.118. The van der Waals surface area contributed by atoms with E-state index in [0.29, 0.717) is 25.2 Å². The molecule has 0 radical (unpaired) electrons. The lowest BCUT2D eigenvalue weighted by Gasteiger charge is -2.36. The van der Waals surface area contributed by atoms with Crippen molar-refractivity contribution in [2.45, 2.75) is 12.6 Å². The minimum absolute atomic E-state index is 0. The van der Waals surface area contributed by atoms with Gasteiger partial charge < -0.3 is 16.0 Å². The van der Waals surface area contributed by atoms with Crippen molar-refractivity contribution in [1.82, 2.24) is 25.2 Å². The number of hydrogen-bond acceptors (Lipinski definition) is 5. The average Bonchev–Trinajstić information content (AvgIpc) is 3.02. The van der Waals surface area contributed by atoms with Gasteiger partial charge in [0.25, 0.3) is 5.91 Å². The number of nitrogens with two attached hydrogens (primary N) is 1. The molecule has 2 amide bonds. The van der Waals surface area contributed by atoms with Gasteiger partial charge in [-0.25, -0.2) is 9.07 Å². The van der Waals surface area contributed by atoms with Gasteiger partial charge in [0.05, 0.1) is 12.2 Å². The number of piperazine rings is 1. The quantitative estimate of drug-likeness (QED) is 0.796. The summed E-state index contributed by atoms with van der Waals surface area (Å²) < 4.78 is 14.7. The van der Waals surface area contributed by atoms with Crippen LogP contribution in [0.5, 0.6) is 0 Å². The number of nitrogens with zero attached hydrogens (tertiary/aromatic N) is 4. The van der Waals surface area contributed by atoms with Crippen molar-refractivity contribution in [1.29, 1.82) is 0 Å². The smallest absolute Gasteiger partial charge is 0.276 e. The van der Waals surface area contributed by atoms with Crippen molar-refractivity contribution >= 4 is 24.2 Å². The molecule has 0 bridgehead atoms. The van der Waals surface area contributed by atoms with Crippen LogP contribution in [0.1, 0.15) is 22.1 Å². The number of carbonyl (C=O) groups is 2. The molecule has 1 saturated heterocycles. The first-order chi connectivity index (χ1) is 11.5. The van der Waals surface area contributed by atoms with Crippen LogP contribution in [0.4, 0.5) is 4.39 Å². The summed E-state index contributed by atoms with van der Waals surface area (Å²) in [6.45, 7) is 1.47. The number of benzene rings is 1. The van der Waals surface area contributed by atoms with Crippen LogP contribution in [-0.4, -0.2) is 51.3 Å². The van der Waals surface area contributed by atoms with Crippen LogP contribution < -0.4 is 11.1 Å². The van der Waals surface area contributed by atoms with E-state index in [1.54, 1.807) is 17.0 Å². The fraction of sp³-hybridized carbons (Fsp3) is 0.333. The van der Waals surface area contributed by atoms with Crippen LogP contribution in [0.2, 0.25) is 0 Å². The van der Waals surface area contributed by atoms with Gasteiger partial charge in [0.1, 0.15) is 12.4 Å². The van der Waals surface area contributed by atoms with E-state index in [9.17, 15) is 14.0 Å². The van der Waals surface area contributed by atoms with E-state index in [4.69, 9.17) is 5.73 Å².